The van der Waals surface area contributed by atoms with E-state index in [1.165, 1.54) is 77.3 Å². The first-order chi connectivity index (χ1) is 9.83. The molecule has 2 nitrogen and oxygen atoms in total. The van der Waals surface area contributed by atoms with Crippen molar-refractivity contribution in [3.05, 3.63) is 12.4 Å². The van der Waals surface area contributed by atoms with Crippen molar-refractivity contribution >= 4 is 0 Å². The molecule has 0 radical (unpaired) electrons. The van der Waals surface area contributed by atoms with Gasteiger partial charge in [0.2, 0.25) is 0 Å². The highest BCUT2D eigenvalue weighted by atomic mass is 15.4. The van der Waals surface area contributed by atoms with Gasteiger partial charge in [0, 0.05) is 25.5 Å². The van der Waals surface area contributed by atoms with Crippen LogP contribution in [-0.2, 0) is 0 Å². The molecule has 0 aromatic heterocycles. The molecule has 0 amide bonds. The summed E-state index contributed by atoms with van der Waals surface area (Å²) < 4.78 is 0. The molecule has 0 saturated carbocycles. The fourth-order valence-corrected chi connectivity index (χ4v) is 3.11. The molecule has 1 aliphatic rings. The van der Waals surface area contributed by atoms with Crippen LogP contribution < -0.4 is 0 Å². The minimum atomic E-state index is 0.639. The van der Waals surface area contributed by atoms with Gasteiger partial charge >= 0.3 is 0 Å². The van der Waals surface area contributed by atoms with Crippen LogP contribution in [0, 0.1) is 0 Å². The van der Waals surface area contributed by atoms with Gasteiger partial charge in [0.15, 0.2) is 0 Å². The summed E-state index contributed by atoms with van der Waals surface area (Å²) in [6.07, 6.45) is 18.9. The molecule has 1 rings (SSSR count). The Balaban J connectivity index is 2.16. The zero-order chi connectivity index (χ0) is 14.6. The molecule has 2 heteroatoms. The van der Waals surface area contributed by atoms with Crippen LogP contribution in [0.5, 0.6) is 0 Å². The topological polar surface area (TPSA) is 6.48 Å². The van der Waals surface area contributed by atoms with Crippen molar-refractivity contribution in [2.24, 2.45) is 0 Å². The first-order valence-corrected chi connectivity index (χ1v) is 9.03. The Bertz CT molecular complexity index is 250. The van der Waals surface area contributed by atoms with Crippen molar-refractivity contribution in [1.29, 1.82) is 0 Å². The minimum Gasteiger partial charge on any atom is -0.356 e. The zero-order valence-electron chi connectivity index (χ0n) is 14.1. The van der Waals surface area contributed by atoms with Gasteiger partial charge in [-0.1, -0.05) is 65.7 Å². The third-order valence-corrected chi connectivity index (χ3v) is 4.26. The first kappa shape index (κ1) is 17.4. The van der Waals surface area contributed by atoms with Gasteiger partial charge in [-0.05, 0) is 19.3 Å². The summed E-state index contributed by atoms with van der Waals surface area (Å²) in [5.74, 6) is 0. The second-order valence-electron chi connectivity index (χ2n) is 6.16. The lowest BCUT2D eigenvalue weighted by Gasteiger charge is -2.32. The second kappa shape index (κ2) is 11.0. The van der Waals surface area contributed by atoms with E-state index in [4.69, 9.17) is 0 Å². The van der Waals surface area contributed by atoms with Gasteiger partial charge in [-0.2, -0.15) is 0 Å². The molecule has 0 bridgehead atoms. The van der Waals surface area contributed by atoms with Crippen LogP contribution in [0.25, 0.3) is 0 Å². The standard InChI is InChI=1S/C18H36N2/c1-4-7-8-9-10-11-12-15-20-17-16-19(14-6-3)18(20)13-5-2/h16-18H,4-15H2,1-3H3. The lowest BCUT2D eigenvalue weighted by Crippen LogP contribution is -2.39. The van der Waals surface area contributed by atoms with E-state index in [1.54, 1.807) is 0 Å². The normalized spacial score (nSPS) is 18.2. The zero-order valence-corrected chi connectivity index (χ0v) is 14.1. The molecule has 0 aliphatic carbocycles. The van der Waals surface area contributed by atoms with E-state index in [9.17, 15) is 0 Å². The molecule has 0 aromatic carbocycles. The summed E-state index contributed by atoms with van der Waals surface area (Å²) in [7, 11) is 0. The Morgan fingerprint density at radius 3 is 1.85 bits per heavy atom. The van der Waals surface area contributed by atoms with Gasteiger partial charge in [0.25, 0.3) is 0 Å². The maximum atomic E-state index is 2.57. The van der Waals surface area contributed by atoms with Crippen molar-refractivity contribution in [3.63, 3.8) is 0 Å². The molecule has 1 heterocycles. The van der Waals surface area contributed by atoms with Crippen LogP contribution in [0.4, 0.5) is 0 Å². The van der Waals surface area contributed by atoms with Crippen molar-refractivity contribution < 1.29 is 0 Å². The summed E-state index contributed by atoms with van der Waals surface area (Å²) in [5.41, 5.74) is 0. The van der Waals surface area contributed by atoms with Crippen LogP contribution in [0.1, 0.15) is 85.0 Å². The van der Waals surface area contributed by atoms with Crippen molar-refractivity contribution in [2.45, 2.75) is 91.1 Å². The summed E-state index contributed by atoms with van der Waals surface area (Å²) in [6, 6.07) is 0. The molecule has 0 aromatic rings. The maximum Gasteiger partial charge on any atom is 0.101 e. The van der Waals surface area contributed by atoms with Crippen molar-refractivity contribution in [3.8, 4) is 0 Å². The predicted molar refractivity (Wildman–Crippen MR) is 89.5 cm³/mol. The van der Waals surface area contributed by atoms with E-state index in [2.05, 4.69) is 43.0 Å². The number of hydrogen-bond acceptors (Lipinski definition) is 2. The number of hydrogen-bond donors (Lipinski definition) is 0. The highest BCUT2D eigenvalue weighted by molar-refractivity contribution is 4.96. The fraction of sp³-hybridized carbons (Fsp3) is 0.889. The van der Waals surface area contributed by atoms with Gasteiger partial charge in [-0.3, -0.25) is 0 Å². The lowest BCUT2D eigenvalue weighted by atomic mass is 10.1. The highest BCUT2D eigenvalue weighted by Gasteiger charge is 2.23. The number of nitrogens with zero attached hydrogens (tertiary/aromatic N) is 2. The smallest absolute Gasteiger partial charge is 0.101 e. The van der Waals surface area contributed by atoms with Crippen LogP contribution in [0.2, 0.25) is 0 Å². The third-order valence-electron chi connectivity index (χ3n) is 4.26. The van der Waals surface area contributed by atoms with E-state index >= 15 is 0 Å². The monoisotopic (exact) mass is 280 g/mol. The van der Waals surface area contributed by atoms with E-state index in [0.717, 1.165) is 0 Å². The third kappa shape index (κ3) is 6.19. The molecule has 118 valence electrons. The first-order valence-electron chi connectivity index (χ1n) is 9.03. The van der Waals surface area contributed by atoms with Crippen molar-refractivity contribution in [2.75, 3.05) is 13.1 Å². The van der Waals surface area contributed by atoms with E-state index in [-0.39, 0.29) is 0 Å². The average Bonchev–Trinajstić information content (AvgIpc) is 2.82. The molecular weight excluding hydrogens is 244 g/mol. The van der Waals surface area contributed by atoms with E-state index in [1.807, 2.05) is 0 Å². The predicted octanol–water partition coefficient (Wildman–Crippen LogP) is 5.36. The molecule has 0 saturated heterocycles. The number of rotatable bonds is 12. The second-order valence-corrected chi connectivity index (χ2v) is 6.16. The van der Waals surface area contributed by atoms with Crippen LogP contribution >= 0.6 is 0 Å². The summed E-state index contributed by atoms with van der Waals surface area (Å²) in [6.45, 7) is 9.31. The Morgan fingerprint density at radius 1 is 0.650 bits per heavy atom. The molecule has 1 unspecified atom stereocenters. The van der Waals surface area contributed by atoms with Gasteiger partial charge in [-0.15, -0.1) is 0 Å². The molecule has 1 atom stereocenters. The Morgan fingerprint density at radius 2 is 1.25 bits per heavy atom. The van der Waals surface area contributed by atoms with Gasteiger partial charge in [-0.25, -0.2) is 0 Å². The largest absolute Gasteiger partial charge is 0.356 e. The molecule has 0 spiro atoms. The van der Waals surface area contributed by atoms with Crippen LogP contribution in [0.15, 0.2) is 12.4 Å². The van der Waals surface area contributed by atoms with E-state index < -0.39 is 0 Å². The van der Waals surface area contributed by atoms with Crippen LogP contribution in [0.3, 0.4) is 0 Å². The summed E-state index contributed by atoms with van der Waals surface area (Å²) >= 11 is 0. The summed E-state index contributed by atoms with van der Waals surface area (Å²) in [5, 5.41) is 0. The SMILES string of the molecule is CCCCCCCCCN1C=CN(CCC)C1CCC. The highest BCUT2D eigenvalue weighted by Crippen LogP contribution is 2.21. The average molecular weight is 281 g/mol. The Hall–Kier alpha value is -0.660. The summed E-state index contributed by atoms with van der Waals surface area (Å²) in [4.78, 5) is 5.11. The van der Waals surface area contributed by atoms with Crippen molar-refractivity contribution in [1.82, 2.24) is 9.80 Å². The molecule has 1 aliphatic heterocycles. The quantitative estimate of drug-likeness (QED) is 0.444. The lowest BCUT2D eigenvalue weighted by molar-refractivity contribution is 0.140. The van der Waals surface area contributed by atoms with E-state index in [0.29, 0.717) is 6.17 Å². The van der Waals surface area contributed by atoms with Crippen LogP contribution in [-0.4, -0.2) is 29.1 Å². The molecular formula is C18H36N2. The van der Waals surface area contributed by atoms with Gasteiger partial charge in [0.05, 0.1) is 0 Å². The number of unbranched alkanes of at least 4 members (excludes halogenated alkanes) is 6. The minimum absolute atomic E-state index is 0.639. The molecule has 0 fully saturated rings. The van der Waals surface area contributed by atoms with Gasteiger partial charge < -0.3 is 9.80 Å². The van der Waals surface area contributed by atoms with Gasteiger partial charge in [0.1, 0.15) is 6.17 Å². The molecule has 20 heavy (non-hydrogen) atoms. The Labute approximate surface area is 127 Å². The fourth-order valence-electron chi connectivity index (χ4n) is 3.11. The Kier molecular flexibility index (Phi) is 9.61. The molecule has 0 N–H and O–H groups in total. The maximum absolute atomic E-state index is 2.57.